The van der Waals surface area contributed by atoms with Gasteiger partial charge in [-0.2, -0.15) is 5.10 Å². The Morgan fingerprint density at radius 3 is 2.47 bits per heavy atom. The van der Waals surface area contributed by atoms with Gasteiger partial charge >= 0.3 is 0 Å². The van der Waals surface area contributed by atoms with Gasteiger partial charge in [0.2, 0.25) is 0 Å². The van der Waals surface area contributed by atoms with Crippen LogP contribution in [0.4, 0.5) is 4.39 Å². The summed E-state index contributed by atoms with van der Waals surface area (Å²) in [6.45, 7) is 5.23. The lowest BCUT2D eigenvalue weighted by Crippen LogP contribution is -2.27. The Morgan fingerprint density at radius 1 is 0.816 bits per heavy atom. The van der Waals surface area contributed by atoms with E-state index in [1.54, 1.807) is 12.1 Å². The number of aryl methyl sites for hydroxylation is 1. The number of halogens is 1. The Hall–Kier alpha value is -3.74. The van der Waals surface area contributed by atoms with Crippen molar-refractivity contribution in [3.05, 3.63) is 113 Å². The van der Waals surface area contributed by atoms with Crippen LogP contribution in [0.25, 0.3) is 22.2 Å². The molecule has 38 heavy (non-hydrogen) atoms. The molecule has 0 fully saturated rings. The van der Waals surface area contributed by atoms with E-state index < -0.39 is 0 Å². The number of fused-ring (bicyclic) bond motifs is 8. The van der Waals surface area contributed by atoms with Crippen molar-refractivity contribution in [1.82, 2.24) is 24.1 Å². The molecule has 194 valence electrons. The number of hydrogen-bond acceptors (Lipinski definition) is 3. The molecule has 0 N–H and O–H groups in total. The summed E-state index contributed by atoms with van der Waals surface area (Å²) in [5, 5.41) is 5.33. The second-order valence-electron chi connectivity index (χ2n) is 10.6. The maximum Gasteiger partial charge on any atom is 0.123 e. The summed E-state index contributed by atoms with van der Waals surface area (Å²) in [5.74, 6) is -0.200. The summed E-state index contributed by atoms with van der Waals surface area (Å²) in [6.07, 6.45) is 5.03. The van der Waals surface area contributed by atoms with Crippen LogP contribution in [0.2, 0.25) is 0 Å². The van der Waals surface area contributed by atoms with Crippen molar-refractivity contribution >= 4 is 10.9 Å². The Balaban J connectivity index is 1.43. The van der Waals surface area contributed by atoms with Crippen molar-refractivity contribution in [2.24, 2.45) is 7.05 Å². The van der Waals surface area contributed by atoms with Gasteiger partial charge in [0.05, 0.1) is 6.20 Å². The molecule has 0 radical (unpaired) electrons. The summed E-state index contributed by atoms with van der Waals surface area (Å²) >= 11 is 0. The van der Waals surface area contributed by atoms with E-state index in [9.17, 15) is 4.39 Å². The quantitative estimate of drug-likeness (QED) is 0.299. The lowest BCUT2D eigenvalue weighted by Gasteiger charge is -2.24. The maximum absolute atomic E-state index is 14.2. The number of hydrogen-bond donors (Lipinski definition) is 0. The Labute approximate surface area is 223 Å². The SMILES string of the molecule is CN1CCc2cccc(c2)-c2cc3cc(F)ccc3n2CCN(Cc2cnn(C)c2)Cc2cccc(c2)C1. The zero-order chi connectivity index (χ0) is 26.1. The van der Waals surface area contributed by atoms with Crippen molar-refractivity contribution < 1.29 is 4.39 Å². The highest BCUT2D eigenvalue weighted by Gasteiger charge is 2.16. The molecule has 5 nitrogen and oxygen atoms in total. The molecule has 0 amide bonds. The van der Waals surface area contributed by atoms with E-state index in [1.807, 2.05) is 24.0 Å². The van der Waals surface area contributed by atoms with Gasteiger partial charge < -0.3 is 9.47 Å². The van der Waals surface area contributed by atoms with E-state index in [2.05, 4.69) is 87.3 Å². The molecule has 6 rings (SSSR count). The van der Waals surface area contributed by atoms with E-state index in [4.69, 9.17) is 0 Å². The number of aromatic nitrogens is 3. The molecule has 0 spiro atoms. The van der Waals surface area contributed by atoms with Gasteiger partial charge in [0.25, 0.3) is 0 Å². The van der Waals surface area contributed by atoms with Crippen molar-refractivity contribution in [2.75, 3.05) is 20.1 Å². The van der Waals surface area contributed by atoms with Gasteiger partial charge in [0.15, 0.2) is 0 Å². The summed E-state index contributed by atoms with van der Waals surface area (Å²) in [4.78, 5) is 4.88. The smallest absolute Gasteiger partial charge is 0.123 e. The lowest BCUT2D eigenvalue weighted by molar-refractivity contribution is 0.247. The zero-order valence-corrected chi connectivity index (χ0v) is 22.1. The fraction of sp³-hybridized carbons (Fsp3) is 0.281. The Kier molecular flexibility index (Phi) is 6.83. The van der Waals surface area contributed by atoms with Gasteiger partial charge in [0.1, 0.15) is 5.82 Å². The van der Waals surface area contributed by atoms with Crippen LogP contribution in [0.15, 0.2) is 85.2 Å². The van der Waals surface area contributed by atoms with Crippen LogP contribution in [-0.4, -0.2) is 44.3 Å². The van der Waals surface area contributed by atoms with Gasteiger partial charge in [0, 0.05) is 74.7 Å². The molecule has 2 aromatic heterocycles. The maximum atomic E-state index is 14.2. The van der Waals surface area contributed by atoms with Crippen LogP contribution < -0.4 is 0 Å². The second-order valence-corrected chi connectivity index (χ2v) is 10.6. The first-order chi connectivity index (χ1) is 18.5. The molecule has 3 heterocycles. The third kappa shape index (κ3) is 5.42. The van der Waals surface area contributed by atoms with Gasteiger partial charge in [-0.05, 0) is 66.1 Å². The minimum absolute atomic E-state index is 0.200. The fourth-order valence-corrected chi connectivity index (χ4v) is 5.67. The predicted molar refractivity (Wildman–Crippen MR) is 151 cm³/mol. The molecule has 0 saturated heterocycles. The van der Waals surface area contributed by atoms with E-state index in [0.29, 0.717) is 0 Å². The van der Waals surface area contributed by atoms with Crippen LogP contribution >= 0.6 is 0 Å². The molecular formula is C32H34FN5. The molecule has 0 atom stereocenters. The molecule has 3 aromatic carbocycles. The number of likely N-dealkylation sites (N-methyl/N-ethyl adjacent to an activating group) is 1. The molecule has 1 aliphatic heterocycles. The highest BCUT2D eigenvalue weighted by Crippen LogP contribution is 2.30. The first kappa shape index (κ1) is 24.6. The van der Waals surface area contributed by atoms with Crippen molar-refractivity contribution in [1.29, 1.82) is 0 Å². The van der Waals surface area contributed by atoms with Crippen LogP contribution in [0.3, 0.4) is 0 Å². The van der Waals surface area contributed by atoms with Crippen molar-refractivity contribution in [3.8, 4) is 11.3 Å². The number of rotatable bonds is 2. The molecule has 0 unspecified atom stereocenters. The summed E-state index contributed by atoms with van der Waals surface area (Å²) in [6, 6.07) is 25.1. The third-order valence-corrected chi connectivity index (χ3v) is 7.52. The third-order valence-electron chi connectivity index (χ3n) is 7.52. The first-order valence-corrected chi connectivity index (χ1v) is 13.3. The van der Waals surface area contributed by atoms with Gasteiger partial charge in [-0.25, -0.2) is 4.39 Å². The standard InChI is InChI=1S/C32H34FN5/c1-35-12-11-24-5-4-8-28(16-24)32-18-29-17-30(33)9-10-31(29)38(32)14-13-37(23-27-19-34-36(2)21-27)22-26-7-3-6-25(15-26)20-35/h3-10,15-19,21H,11-14,20,22-23H2,1-2H3. The minimum Gasteiger partial charge on any atom is -0.339 e. The predicted octanol–water partition coefficient (Wildman–Crippen LogP) is 5.87. The normalized spacial score (nSPS) is 15.6. The number of nitrogens with zero attached hydrogens (tertiary/aromatic N) is 5. The van der Waals surface area contributed by atoms with E-state index >= 15 is 0 Å². The number of benzene rings is 3. The molecule has 1 aliphatic rings. The monoisotopic (exact) mass is 507 g/mol. The Morgan fingerprint density at radius 2 is 1.63 bits per heavy atom. The molecule has 0 aliphatic carbocycles. The zero-order valence-electron chi connectivity index (χ0n) is 22.1. The van der Waals surface area contributed by atoms with Gasteiger partial charge in [-0.15, -0.1) is 0 Å². The first-order valence-electron chi connectivity index (χ1n) is 13.3. The average molecular weight is 508 g/mol. The van der Waals surface area contributed by atoms with Crippen LogP contribution in [0.1, 0.15) is 22.3 Å². The van der Waals surface area contributed by atoms with Gasteiger partial charge in [-0.1, -0.05) is 42.5 Å². The van der Waals surface area contributed by atoms with Crippen molar-refractivity contribution in [2.45, 2.75) is 32.6 Å². The van der Waals surface area contributed by atoms with Crippen molar-refractivity contribution in [3.63, 3.8) is 0 Å². The highest BCUT2D eigenvalue weighted by molar-refractivity contribution is 5.87. The second kappa shape index (κ2) is 10.6. The van der Waals surface area contributed by atoms with Crippen LogP contribution in [0, 0.1) is 5.82 Å². The summed E-state index contributed by atoms with van der Waals surface area (Å²) in [7, 11) is 4.16. The molecular weight excluding hydrogens is 473 g/mol. The molecule has 5 aromatic rings. The van der Waals surface area contributed by atoms with E-state index in [-0.39, 0.29) is 5.82 Å². The summed E-state index contributed by atoms with van der Waals surface area (Å²) < 4.78 is 18.4. The average Bonchev–Trinajstić information content (AvgIpc) is 3.48. The molecule has 6 heteroatoms. The highest BCUT2D eigenvalue weighted by atomic mass is 19.1. The van der Waals surface area contributed by atoms with Crippen LogP contribution in [-0.2, 0) is 39.6 Å². The fourth-order valence-electron chi connectivity index (χ4n) is 5.67. The largest absolute Gasteiger partial charge is 0.339 e. The summed E-state index contributed by atoms with van der Waals surface area (Å²) in [5.41, 5.74) is 8.55. The topological polar surface area (TPSA) is 29.2 Å². The Bertz CT molecular complexity index is 1570. The molecule has 0 saturated carbocycles. The van der Waals surface area contributed by atoms with Gasteiger partial charge in [-0.3, -0.25) is 9.58 Å². The van der Waals surface area contributed by atoms with E-state index in [0.717, 1.165) is 62.3 Å². The van der Waals surface area contributed by atoms with Crippen LogP contribution in [0.5, 0.6) is 0 Å². The lowest BCUT2D eigenvalue weighted by atomic mass is 10.0. The molecule has 4 bridgehead atoms. The van der Waals surface area contributed by atoms with E-state index in [1.165, 1.54) is 27.8 Å². The minimum atomic E-state index is -0.200.